The van der Waals surface area contributed by atoms with Crippen LogP contribution in [-0.4, -0.2) is 62.8 Å². The Labute approximate surface area is 201 Å². The maximum atomic E-state index is 12.5. The zero-order chi connectivity index (χ0) is 23.5. The van der Waals surface area contributed by atoms with Crippen LogP contribution in [0.5, 0.6) is 0 Å². The molecule has 0 unspecified atom stereocenters. The molecule has 0 bridgehead atoms. The first kappa shape index (κ1) is 22.8. The summed E-state index contributed by atoms with van der Waals surface area (Å²) in [5.41, 5.74) is 3.92. The van der Waals surface area contributed by atoms with Crippen molar-refractivity contribution in [1.29, 1.82) is 0 Å². The number of nitrogens with zero attached hydrogens (tertiary/aromatic N) is 6. The Balaban J connectivity index is 1.20. The smallest absolute Gasteiger partial charge is 0.224 e. The number of hydrogen-bond acceptors (Lipinski definition) is 6. The standard InChI is InChI=1S/C26H35N7O/c1-19-8-9-21(18-20(19)2)27-26(34)13-12-24-29-28-23-10-11-25(30-33(23)24)32-16-14-31(15-17-32)22-6-4-3-5-7-22/h8-11,18,22H,3-7,12-17H2,1-2H3,(H,27,34). The van der Waals surface area contributed by atoms with Gasteiger partial charge in [-0.05, 0) is 62.1 Å². The lowest BCUT2D eigenvalue weighted by molar-refractivity contribution is -0.116. The number of anilines is 2. The molecule has 2 fully saturated rings. The Kier molecular flexibility index (Phi) is 6.76. The van der Waals surface area contributed by atoms with Gasteiger partial charge in [0.1, 0.15) is 5.82 Å². The van der Waals surface area contributed by atoms with Gasteiger partial charge >= 0.3 is 0 Å². The molecule has 8 heteroatoms. The lowest BCUT2D eigenvalue weighted by Gasteiger charge is -2.41. The van der Waals surface area contributed by atoms with Crippen molar-refractivity contribution in [2.75, 3.05) is 36.4 Å². The third kappa shape index (κ3) is 5.06. The lowest BCUT2D eigenvalue weighted by Crippen LogP contribution is -2.51. The van der Waals surface area contributed by atoms with Crippen molar-refractivity contribution in [3.05, 3.63) is 47.3 Å². The Morgan fingerprint density at radius 1 is 0.971 bits per heavy atom. The van der Waals surface area contributed by atoms with Crippen molar-refractivity contribution in [3.8, 4) is 0 Å². The number of hydrogen-bond donors (Lipinski definition) is 1. The van der Waals surface area contributed by atoms with Gasteiger partial charge in [0.05, 0.1) is 0 Å². The highest BCUT2D eigenvalue weighted by molar-refractivity contribution is 5.90. The van der Waals surface area contributed by atoms with Crippen LogP contribution < -0.4 is 10.2 Å². The average Bonchev–Trinajstić information content (AvgIpc) is 3.28. The average molecular weight is 462 g/mol. The van der Waals surface area contributed by atoms with Crippen LogP contribution >= 0.6 is 0 Å². The molecule has 3 heterocycles. The minimum absolute atomic E-state index is 0.0324. The van der Waals surface area contributed by atoms with Crippen LogP contribution in [0.3, 0.4) is 0 Å². The number of aromatic nitrogens is 4. The molecule has 0 atom stereocenters. The van der Waals surface area contributed by atoms with E-state index in [1.54, 1.807) is 4.52 Å². The molecule has 1 amide bonds. The number of carbonyl (C=O) groups is 1. The van der Waals surface area contributed by atoms with E-state index in [9.17, 15) is 4.79 Å². The van der Waals surface area contributed by atoms with Crippen molar-refractivity contribution in [2.24, 2.45) is 0 Å². The number of piperazine rings is 1. The molecule has 2 aromatic heterocycles. The van der Waals surface area contributed by atoms with E-state index < -0.39 is 0 Å². The van der Waals surface area contributed by atoms with Crippen LogP contribution in [0.25, 0.3) is 5.65 Å². The first-order valence-corrected chi connectivity index (χ1v) is 12.6. The molecule has 0 spiro atoms. The Hall–Kier alpha value is -3.00. The maximum absolute atomic E-state index is 12.5. The predicted octanol–water partition coefficient (Wildman–Crippen LogP) is 3.77. The first-order valence-electron chi connectivity index (χ1n) is 12.6. The first-order chi connectivity index (χ1) is 16.6. The van der Waals surface area contributed by atoms with E-state index in [0.717, 1.165) is 49.3 Å². The Bertz CT molecular complexity index is 1140. The second-order valence-electron chi connectivity index (χ2n) is 9.74. The molecular weight excluding hydrogens is 426 g/mol. The van der Waals surface area contributed by atoms with Crippen molar-refractivity contribution in [1.82, 2.24) is 24.7 Å². The van der Waals surface area contributed by atoms with Crippen LogP contribution in [0, 0.1) is 13.8 Å². The number of nitrogens with one attached hydrogen (secondary N) is 1. The van der Waals surface area contributed by atoms with Crippen LogP contribution in [0.2, 0.25) is 0 Å². The summed E-state index contributed by atoms with van der Waals surface area (Å²) in [4.78, 5) is 17.5. The van der Waals surface area contributed by atoms with E-state index >= 15 is 0 Å². The number of aryl methyl sites for hydroxylation is 3. The molecule has 1 saturated heterocycles. The van der Waals surface area contributed by atoms with Gasteiger partial charge in [-0.25, -0.2) is 0 Å². The Morgan fingerprint density at radius 2 is 1.76 bits per heavy atom. The molecule has 1 aliphatic carbocycles. The molecule has 8 nitrogen and oxygen atoms in total. The summed E-state index contributed by atoms with van der Waals surface area (Å²) >= 11 is 0. The number of fused-ring (bicyclic) bond motifs is 1. The van der Waals surface area contributed by atoms with Gasteiger partial charge in [-0.15, -0.1) is 15.3 Å². The fourth-order valence-electron chi connectivity index (χ4n) is 5.18. The largest absolute Gasteiger partial charge is 0.353 e. The van der Waals surface area contributed by atoms with E-state index in [2.05, 4.69) is 32.2 Å². The molecule has 1 aliphatic heterocycles. The maximum Gasteiger partial charge on any atom is 0.224 e. The summed E-state index contributed by atoms with van der Waals surface area (Å²) in [5, 5.41) is 16.4. The van der Waals surface area contributed by atoms with E-state index in [1.165, 1.54) is 37.7 Å². The molecular formula is C26H35N7O. The summed E-state index contributed by atoms with van der Waals surface area (Å²) in [6.07, 6.45) is 7.68. The molecule has 34 heavy (non-hydrogen) atoms. The highest BCUT2D eigenvalue weighted by Gasteiger charge is 2.26. The zero-order valence-corrected chi connectivity index (χ0v) is 20.3. The summed E-state index contributed by atoms with van der Waals surface area (Å²) in [6.45, 7) is 8.29. The SMILES string of the molecule is Cc1ccc(NC(=O)CCc2nnc3ccc(N4CCN(C5CCCCC5)CC4)nn23)cc1C. The van der Waals surface area contributed by atoms with Gasteiger partial charge in [0.15, 0.2) is 11.5 Å². The second kappa shape index (κ2) is 10.1. The summed E-state index contributed by atoms with van der Waals surface area (Å²) in [7, 11) is 0. The van der Waals surface area contributed by atoms with Gasteiger partial charge in [-0.3, -0.25) is 9.69 Å². The predicted molar refractivity (Wildman–Crippen MR) is 134 cm³/mol. The summed E-state index contributed by atoms with van der Waals surface area (Å²) < 4.78 is 1.80. The highest BCUT2D eigenvalue weighted by atomic mass is 16.1. The van der Waals surface area contributed by atoms with Gasteiger partial charge in [-0.1, -0.05) is 25.3 Å². The van der Waals surface area contributed by atoms with Gasteiger partial charge in [0, 0.05) is 50.7 Å². The van der Waals surface area contributed by atoms with Gasteiger partial charge < -0.3 is 10.2 Å². The van der Waals surface area contributed by atoms with E-state index in [-0.39, 0.29) is 5.91 Å². The van der Waals surface area contributed by atoms with Gasteiger partial charge in [0.2, 0.25) is 5.91 Å². The van der Waals surface area contributed by atoms with Crippen LogP contribution in [0.15, 0.2) is 30.3 Å². The normalized spacial score (nSPS) is 17.9. The summed E-state index contributed by atoms with van der Waals surface area (Å²) in [5.74, 6) is 1.64. The third-order valence-electron chi connectivity index (χ3n) is 7.41. The summed E-state index contributed by atoms with van der Waals surface area (Å²) in [6, 6.07) is 10.7. The number of benzene rings is 1. The molecule has 2 aliphatic rings. The monoisotopic (exact) mass is 461 g/mol. The molecule has 180 valence electrons. The van der Waals surface area contributed by atoms with E-state index in [1.807, 2.05) is 37.3 Å². The molecule has 5 rings (SSSR count). The lowest BCUT2D eigenvalue weighted by atomic mass is 9.94. The third-order valence-corrected chi connectivity index (χ3v) is 7.41. The fourth-order valence-corrected chi connectivity index (χ4v) is 5.18. The topological polar surface area (TPSA) is 78.7 Å². The van der Waals surface area contributed by atoms with E-state index in [4.69, 9.17) is 5.10 Å². The molecule has 1 saturated carbocycles. The molecule has 1 N–H and O–H groups in total. The molecule has 0 radical (unpaired) electrons. The Morgan fingerprint density at radius 3 is 2.53 bits per heavy atom. The van der Waals surface area contributed by atoms with Crippen LogP contribution in [-0.2, 0) is 11.2 Å². The van der Waals surface area contributed by atoms with E-state index in [0.29, 0.717) is 24.3 Å². The quantitative estimate of drug-likeness (QED) is 0.602. The van der Waals surface area contributed by atoms with Crippen LogP contribution in [0.1, 0.15) is 55.5 Å². The number of amides is 1. The van der Waals surface area contributed by atoms with Crippen molar-refractivity contribution < 1.29 is 4.79 Å². The number of rotatable bonds is 6. The second-order valence-corrected chi connectivity index (χ2v) is 9.74. The van der Waals surface area contributed by atoms with Crippen molar-refractivity contribution >= 4 is 23.1 Å². The number of carbonyl (C=O) groups excluding carboxylic acids is 1. The fraction of sp³-hybridized carbons (Fsp3) is 0.538. The van der Waals surface area contributed by atoms with Gasteiger partial charge in [-0.2, -0.15) is 4.52 Å². The molecule has 3 aromatic rings. The van der Waals surface area contributed by atoms with Crippen molar-refractivity contribution in [2.45, 2.75) is 64.8 Å². The van der Waals surface area contributed by atoms with Crippen LogP contribution in [0.4, 0.5) is 11.5 Å². The molecule has 1 aromatic carbocycles. The van der Waals surface area contributed by atoms with Gasteiger partial charge in [0.25, 0.3) is 0 Å². The van der Waals surface area contributed by atoms with Crippen molar-refractivity contribution in [3.63, 3.8) is 0 Å². The highest BCUT2D eigenvalue weighted by Crippen LogP contribution is 2.24. The minimum Gasteiger partial charge on any atom is -0.353 e. The minimum atomic E-state index is -0.0324. The zero-order valence-electron chi connectivity index (χ0n) is 20.3.